The van der Waals surface area contributed by atoms with Crippen molar-refractivity contribution in [1.82, 2.24) is 14.8 Å². The number of nitrogens with one attached hydrogen (secondary N) is 1. The molecule has 0 unspecified atom stereocenters. The Kier molecular flexibility index (Phi) is 5.21. The van der Waals surface area contributed by atoms with Gasteiger partial charge in [0.2, 0.25) is 12.7 Å². The summed E-state index contributed by atoms with van der Waals surface area (Å²) < 4.78 is 12.7. The zero-order chi connectivity index (χ0) is 19.5. The van der Waals surface area contributed by atoms with Crippen LogP contribution in [0.1, 0.15) is 18.3 Å². The molecule has 8 heteroatoms. The molecule has 144 valence electrons. The van der Waals surface area contributed by atoms with E-state index in [0.717, 1.165) is 16.5 Å². The number of fused-ring (bicyclic) bond motifs is 1. The fraction of sp³-hybridized carbons (Fsp3) is 0.250. The van der Waals surface area contributed by atoms with Gasteiger partial charge in [0.15, 0.2) is 16.7 Å². The summed E-state index contributed by atoms with van der Waals surface area (Å²) in [6.07, 6.45) is 0. The van der Waals surface area contributed by atoms with Crippen LogP contribution in [-0.2, 0) is 11.3 Å². The molecule has 0 bridgehead atoms. The lowest BCUT2D eigenvalue weighted by atomic mass is 10.2. The van der Waals surface area contributed by atoms with Crippen molar-refractivity contribution in [2.24, 2.45) is 0 Å². The zero-order valence-corrected chi connectivity index (χ0v) is 16.4. The van der Waals surface area contributed by atoms with Gasteiger partial charge in [0.1, 0.15) is 5.82 Å². The van der Waals surface area contributed by atoms with Crippen molar-refractivity contribution < 1.29 is 14.3 Å². The molecule has 1 aliphatic heterocycles. The molecule has 28 heavy (non-hydrogen) atoms. The van der Waals surface area contributed by atoms with Crippen molar-refractivity contribution in [2.45, 2.75) is 30.8 Å². The summed E-state index contributed by atoms with van der Waals surface area (Å²) in [6.45, 7) is 4.63. The first-order valence-electron chi connectivity index (χ1n) is 8.91. The van der Waals surface area contributed by atoms with E-state index in [0.29, 0.717) is 23.7 Å². The summed E-state index contributed by atoms with van der Waals surface area (Å²) in [5.74, 6) is 2.02. The molecule has 3 aromatic rings. The van der Waals surface area contributed by atoms with Crippen LogP contribution < -0.4 is 14.8 Å². The van der Waals surface area contributed by atoms with Gasteiger partial charge in [0.25, 0.3) is 0 Å². The second kappa shape index (κ2) is 7.93. The summed E-state index contributed by atoms with van der Waals surface area (Å²) in [5.41, 5.74) is 1.83. The molecular formula is C20H20N4O3S. The van der Waals surface area contributed by atoms with E-state index in [9.17, 15) is 4.79 Å². The third-order valence-electron chi connectivity index (χ3n) is 4.38. The molecule has 4 rings (SSSR count). The maximum Gasteiger partial charge on any atom is 0.237 e. The molecule has 1 aliphatic rings. The minimum atomic E-state index is -0.344. The number of thioether (sulfide) groups is 1. The van der Waals surface area contributed by atoms with E-state index in [1.807, 2.05) is 36.6 Å². The van der Waals surface area contributed by atoms with Crippen LogP contribution >= 0.6 is 11.8 Å². The fourth-order valence-corrected chi connectivity index (χ4v) is 3.72. The smallest absolute Gasteiger partial charge is 0.237 e. The molecule has 0 radical (unpaired) electrons. The van der Waals surface area contributed by atoms with E-state index in [2.05, 4.69) is 27.6 Å². The number of nitrogens with zero attached hydrogens (tertiary/aromatic N) is 3. The molecule has 2 heterocycles. The molecule has 0 spiro atoms. The lowest BCUT2D eigenvalue weighted by Gasteiger charge is -2.13. The number of benzene rings is 2. The predicted molar refractivity (Wildman–Crippen MR) is 107 cm³/mol. The largest absolute Gasteiger partial charge is 0.454 e. The third kappa shape index (κ3) is 3.96. The van der Waals surface area contributed by atoms with E-state index >= 15 is 0 Å². The minimum absolute atomic E-state index is 0.115. The topological polar surface area (TPSA) is 78.3 Å². The van der Waals surface area contributed by atoms with Gasteiger partial charge in [0, 0.05) is 11.8 Å². The van der Waals surface area contributed by atoms with Crippen LogP contribution in [0, 0.1) is 6.92 Å². The first kappa shape index (κ1) is 18.4. The van der Waals surface area contributed by atoms with Crippen LogP contribution in [0.15, 0.2) is 53.7 Å². The lowest BCUT2D eigenvalue weighted by Crippen LogP contribution is -2.23. The summed E-state index contributed by atoms with van der Waals surface area (Å²) >= 11 is 1.38. The molecule has 1 atom stereocenters. The number of aromatic nitrogens is 3. The number of rotatable bonds is 6. The summed E-state index contributed by atoms with van der Waals surface area (Å²) in [7, 11) is 0. The molecule has 7 nitrogen and oxygen atoms in total. The molecule has 0 saturated heterocycles. The second-order valence-electron chi connectivity index (χ2n) is 6.42. The van der Waals surface area contributed by atoms with Crippen LogP contribution in [0.25, 0.3) is 0 Å². The van der Waals surface area contributed by atoms with Crippen LogP contribution in [-0.4, -0.2) is 32.7 Å². The fourth-order valence-electron chi connectivity index (χ4n) is 2.83. The summed E-state index contributed by atoms with van der Waals surface area (Å²) in [5, 5.41) is 11.7. The van der Waals surface area contributed by atoms with Crippen LogP contribution in [0.5, 0.6) is 11.5 Å². The highest BCUT2D eigenvalue weighted by Crippen LogP contribution is 2.34. The molecule has 1 amide bonds. The van der Waals surface area contributed by atoms with E-state index in [1.54, 1.807) is 18.2 Å². The monoisotopic (exact) mass is 396 g/mol. The number of anilines is 1. The average Bonchev–Trinajstić information content (AvgIpc) is 3.30. The highest BCUT2D eigenvalue weighted by molar-refractivity contribution is 8.00. The average molecular weight is 396 g/mol. The summed E-state index contributed by atoms with van der Waals surface area (Å²) in [4.78, 5) is 12.6. The van der Waals surface area contributed by atoms with Crippen molar-refractivity contribution in [3.05, 3.63) is 59.9 Å². The van der Waals surface area contributed by atoms with Crippen molar-refractivity contribution in [3.63, 3.8) is 0 Å². The van der Waals surface area contributed by atoms with E-state index in [-0.39, 0.29) is 18.0 Å². The van der Waals surface area contributed by atoms with Gasteiger partial charge < -0.3 is 19.4 Å². The zero-order valence-electron chi connectivity index (χ0n) is 15.6. The van der Waals surface area contributed by atoms with Gasteiger partial charge >= 0.3 is 0 Å². The molecule has 0 aliphatic carbocycles. The normalized spacial score (nSPS) is 13.4. The maximum atomic E-state index is 12.6. The van der Waals surface area contributed by atoms with Gasteiger partial charge in [-0.3, -0.25) is 4.79 Å². The Morgan fingerprint density at radius 1 is 1.18 bits per heavy atom. The van der Waals surface area contributed by atoms with Gasteiger partial charge in [-0.2, -0.15) is 0 Å². The van der Waals surface area contributed by atoms with Crippen molar-refractivity contribution >= 4 is 23.4 Å². The Balaban J connectivity index is 1.43. The quantitative estimate of drug-likeness (QED) is 0.643. The lowest BCUT2D eigenvalue weighted by molar-refractivity contribution is -0.115. The number of carbonyl (C=O) groups is 1. The Hall–Kier alpha value is -3.00. The highest BCUT2D eigenvalue weighted by Gasteiger charge is 2.21. The highest BCUT2D eigenvalue weighted by atomic mass is 32.2. The number of ether oxygens (including phenoxy) is 2. The van der Waals surface area contributed by atoms with E-state index in [4.69, 9.17) is 9.47 Å². The predicted octanol–water partition coefficient (Wildman–Crippen LogP) is 3.48. The maximum absolute atomic E-state index is 12.6. The number of hydrogen-bond donors (Lipinski definition) is 1. The van der Waals surface area contributed by atoms with E-state index in [1.165, 1.54) is 11.8 Å². The minimum Gasteiger partial charge on any atom is -0.454 e. The Bertz CT molecular complexity index is 990. The summed E-state index contributed by atoms with van der Waals surface area (Å²) in [6, 6.07) is 15.5. The Morgan fingerprint density at radius 2 is 1.96 bits per heavy atom. The number of carbonyl (C=O) groups excluding carboxylic acids is 1. The number of hydrogen-bond acceptors (Lipinski definition) is 6. The van der Waals surface area contributed by atoms with Crippen LogP contribution in [0.3, 0.4) is 0 Å². The van der Waals surface area contributed by atoms with Gasteiger partial charge in [-0.1, -0.05) is 42.1 Å². The van der Waals surface area contributed by atoms with Crippen molar-refractivity contribution in [2.75, 3.05) is 12.1 Å². The molecular weight excluding hydrogens is 376 g/mol. The second-order valence-corrected chi connectivity index (χ2v) is 7.73. The van der Waals surface area contributed by atoms with Gasteiger partial charge in [-0.15, -0.1) is 10.2 Å². The molecule has 1 N–H and O–H groups in total. The van der Waals surface area contributed by atoms with Gasteiger partial charge in [-0.05, 0) is 31.5 Å². The standard InChI is InChI=1S/C20H20N4O3S/c1-13(19(25)21-16-8-9-17-18(10-16)27-12-26-17)28-20-23-22-14(2)24(20)11-15-6-4-3-5-7-15/h3-10,13H,11-12H2,1-2H3,(H,21,25)/t13-/m0/s1. The Labute approximate surface area is 167 Å². The first-order valence-corrected chi connectivity index (χ1v) is 9.79. The van der Waals surface area contributed by atoms with E-state index < -0.39 is 0 Å². The van der Waals surface area contributed by atoms with Crippen LogP contribution in [0.2, 0.25) is 0 Å². The Morgan fingerprint density at radius 3 is 2.79 bits per heavy atom. The third-order valence-corrected chi connectivity index (χ3v) is 5.46. The number of aryl methyl sites for hydroxylation is 1. The molecule has 0 saturated carbocycles. The first-order chi connectivity index (χ1) is 13.6. The van der Waals surface area contributed by atoms with Gasteiger partial charge in [0.05, 0.1) is 11.8 Å². The van der Waals surface area contributed by atoms with Crippen molar-refractivity contribution in [1.29, 1.82) is 0 Å². The number of amides is 1. The molecule has 0 fully saturated rings. The molecule has 1 aromatic heterocycles. The van der Waals surface area contributed by atoms with Gasteiger partial charge in [-0.25, -0.2) is 0 Å². The molecule has 2 aromatic carbocycles. The van der Waals surface area contributed by atoms with Crippen molar-refractivity contribution in [3.8, 4) is 11.5 Å². The SMILES string of the molecule is Cc1nnc(S[C@@H](C)C(=O)Nc2ccc3c(c2)OCO3)n1Cc1ccccc1. The van der Waals surface area contributed by atoms with Crippen LogP contribution in [0.4, 0.5) is 5.69 Å².